The van der Waals surface area contributed by atoms with Crippen LogP contribution in [0.2, 0.25) is 0 Å². The Morgan fingerprint density at radius 2 is 1.81 bits per heavy atom. The van der Waals surface area contributed by atoms with E-state index in [4.69, 9.17) is 9.15 Å². The van der Waals surface area contributed by atoms with Crippen molar-refractivity contribution in [1.29, 1.82) is 0 Å². The molecule has 0 radical (unpaired) electrons. The van der Waals surface area contributed by atoms with Gasteiger partial charge in [0.25, 0.3) is 11.8 Å². The van der Waals surface area contributed by atoms with E-state index in [2.05, 4.69) is 10.6 Å². The lowest BCUT2D eigenvalue weighted by Gasteiger charge is -2.21. The zero-order chi connectivity index (χ0) is 23.1. The van der Waals surface area contributed by atoms with Crippen molar-refractivity contribution in [2.75, 3.05) is 6.61 Å². The standard InChI is InChI=1S/C23H23FN2O5S/c1-14(2)20(26-22(28)17-5-3-11-30-17)23(29)31-13-19(27)25-21(18-6-4-12-32-18)15-7-9-16(24)10-8-15/h3-12,14,20-21H,13H2,1-2H3,(H,25,27)(H,26,28)/t20-,21?/m0/s1. The molecular formula is C23H23FN2O5S. The maximum atomic E-state index is 13.3. The van der Waals surface area contributed by atoms with Crippen molar-refractivity contribution in [3.05, 3.63) is 82.2 Å². The van der Waals surface area contributed by atoms with Gasteiger partial charge in [-0.3, -0.25) is 9.59 Å². The van der Waals surface area contributed by atoms with Gasteiger partial charge in [-0.2, -0.15) is 0 Å². The Kier molecular flexibility index (Phi) is 7.77. The lowest BCUT2D eigenvalue weighted by molar-refractivity contribution is -0.151. The van der Waals surface area contributed by atoms with E-state index in [-0.39, 0.29) is 17.5 Å². The molecular weight excluding hydrogens is 435 g/mol. The van der Waals surface area contributed by atoms with Crippen LogP contribution in [0.1, 0.15) is 40.9 Å². The Labute approximate surface area is 188 Å². The van der Waals surface area contributed by atoms with Crippen molar-refractivity contribution in [3.8, 4) is 0 Å². The second kappa shape index (κ2) is 10.7. The van der Waals surface area contributed by atoms with Crippen LogP contribution in [0.4, 0.5) is 4.39 Å². The predicted molar refractivity (Wildman–Crippen MR) is 116 cm³/mol. The summed E-state index contributed by atoms with van der Waals surface area (Å²) in [4.78, 5) is 38.1. The van der Waals surface area contributed by atoms with Gasteiger partial charge in [-0.1, -0.05) is 32.0 Å². The number of ether oxygens (including phenoxy) is 1. The highest BCUT2D eigenvalue weighted by atomic mass is 32.1. The van der Waals surface area contributed by atoms with Crippen LogP contribution in [0.25, 0.3) is 0 Å². The van der Waals surface area contributed by atoms with Crippen molar-refractivity contribution in [1.82, 2.24) is 10.6 Å². The summed E-state index contributed by atoms with van der Waals surface area (Å²) in [7, 11) is 0. The quantitative estimate of drug-likeness (QED) is 0.477. The third kappa shape index (κ3) is 6.04. The molecule has 1 unspecified atom stereocenters. The molecule has 2 heterocycles. The van der Waals surface area contributed by atoms with Crippen molar-refractivity contribution >= 4 is 29.1 Å². The zero-order valence-corrected chi connectivity index (χ0v) is 18.4. The number of hydrogen-bond donors (Lipinski definition) is 2. The van der Waals surface area contributed by atoms with Crippen LogP contribution in [0, 0.1) is 11.7 Å². The molecule has 0 saturated carbocycles. The molecule has 2 amide bonds. The molecule has 32 heavy (non-hydrogen) atoms. The highest BCUT2D eigenvalue weighted by Gasteiger charge is 2.28. The highest BCUT2D eigenvalue weighted by Crippen LogP contribution is 2.26. The molecule has 168 valence electrons. The molecule has 2 aromatic heterocycles. The Morgan fingerprint density at radius 3 is 2.41 bits per heavy atom. The van der Waals surface area contributed by atoms with Crippen molar-refractivity contribution < 1.29 is 27.9 Å². The lowest BCUT2D eigenvalue weighted by Crippen LogP contribution is -2.46. The zero-order valence-electron chi connectivity index (χ0n) is 17.5. The molecule has 2 N–H and O–H groups in total. The van der Waals surface area contributed by atoms with Crippen LogP contribution < -0.4 is 10.6 Å². The van der Waals surface area contributed by atoms with Crippen LogP contribution in [0.3, 0.4) is 0 Å². The van der Waals surface area contributed by atoms with Gasteiger partial charge in [-0.25, -0.2) is 9.18 Å². The number of amides is 2. The van der Waals surface area contributed by atoms with E-state index in [1.807, 2.05) is 17.5 Å². The van der Waals surface area contributed by atoms with E-state index in [0.717, 1.165) is 4.88 Å². The average molecular weight is 459 g/mol. The normalized spacial score (nSPS) is 12.8. The maximum absolute atomic E-state index is 13.3. The number of benzene rings is 1. The number of rotatable bonds is 9. The number of halogens is 1. The topological polar surface area (TPSA) is 97.6 Å². The Balaban J connectivity index is 1.61. The monoisotopic (exact) mass is 458 g/mol. The van der Waals surface area contributed by atoms with E-state index in [0.29, 0.717) is 5.56 Å². The molecule has 0 saturated heterocycles. The number of esters is 1. The summed E-state index contributed by atoms with van der Waals surface area (Å²) >= 11 is 1.44. The first-order chi connectivity index (χ1) is 15.3. The fourth-order valence-corrected chi connectivity index (χ4v) is 3.78. The molecule has 3 rings (SSSR count). The fraction of sp³-hybridized carbons (Fsp3) is 0.261. The fourth-order valence-electron chi connectivity index (χ4n) is 2.98. The first-order valence-corrected chi connectivity index (χ1v) is 10.8. The smallest absolute Gasteiger partial charge is 0.329 e. The first kappa shape index (κ1) is 23.2. The average Bonchev–Trinajstić information content (AvgIpc) is 3.49. The second-order valence-corrected chi connectivity index (χ2v) is 8.33. The van der Waals surface area contributed by atoms with Gasteiger partial charge in [0.15, 0.2) is 12.4 Å². The van der Waals surface area contributed by atoms with Gasteiger partial charge < -0.3 is 19.8 Å². The number of thiophene rings is 1. The number of nitrogens with one attached hydrogen (secondary N) is 2. The molecule has 0 spiro atoms. The molecule has 0 aliphatic rings. The van der Waals surface area contributed by atoms with Gasteiger partial charge in [0, 0.05) is 4.88 Å². The maximum Gasteiger partial charge on any atom is 0.329 e. The van der Waals surface area contributed by atoms with Crippen molar-refractivity contribution in [2.45, 2.75) is 25.9 Å². The summed E-state index contributed by atoms with van der Waals surface area (Å²) in [6.07, 6.45) is 1.35. The highest BCUT2D eigenvalue weighted by molar-refractivity contribution is 7.10. The molecule has 0 aliphatic heterocycles. The predicted octanol–water partition coefficient (Wildman–Crippen LogP) is 3.68. The Morgan fingerprint density at radius 1 is 1.06 bits per heavy atom. The van der Waals surface area contributed by atoms with E-state index in [1.54, 1.807) is 32.0 Å². The van der Waals surface area contributed by atoms with Gasteiger partial charge in [0.1, 0.15) is 11.9 Å². The van der Waals surface area contributed by atoms with Gasteiger partial charge in [-0.15, -0.1) is 11.3 Å². The van der Waals surface area contributed by atoms with E-state index in [9.17, 15) is 18.8 Å². The molecule has 0 aliphatic carbocycles. The lowest BCUT2D eigenvalue weighted by atomic mass is 10.0. The van der Waals surface area contributed by atoms with Crippen LogP contribution in [-0.4, -0.2) is 30.4 Å². The number of carbonyl (C=O) groups is 3. The van der Waals surface area contributed by atoms with Gasteiger partial charge >= 0.3 is 5.97 Å². The minimum Gasteiger partial charge on any atom is -0.459 e. The summed E-state index contributed by atoms with van der Waals surface area (Å²) < 4.78 is 23.5. The molecule has 7 nitrogen and oxygen atoms in total. The molecule has 2 atom stereocenters. The summed E-state index contributed by atoms with van der Waals surface area (Å²) in [6, 6.07) is 11.1. The van der Waals surface area contributed by atoms with Crippen molar-refractivity contribution in [3.63, 3.8) is 0 Å². The second-order valence-electron chi connectivity index (χ2n) is 7.35. The van der Waals surface area contributed by atoms with Crippen LogP contribution in [-0.2, 0) is 14.3 Å². The molecule has 3 aromatic rings. The largest absolute Gasteiger partial charge is 0.459 e. The molecule has 0 fully saturated rings. The van der Waals surface area contributed by atoms with E-state index < -0.39 is 36.5 Å². The van der Waals surface area contributed by atoms with Gasteiger partial charge in [-0.05, 0) is 47.2 Å². The minimum atomic E-state index is -0.953. The van der Waals surface area contributed by atoms with E-state index in [1.165, 1.54) is 35.8 Å². The Hall–Kier alpha value is -3.46. The SMILES string of the molecule is CC(C)[C@H](NC(=O)c1ccco1)C(=O)OCC(=O)NC(c1ccc(F)cc1)c1cccs1. The number of hydrogen-bond acceptors (Lipinski definition) is 6. The summed E-state index contributed by atoms with van der Waals surface area (Å²) in [5, 5.41) is 7.24. The van der Waals surface area contributed by atoms with Crippen LogP contribution in [0.5, 0.6) is 0 Å². The third-order valence-corrected chi connectivity index (χ3v) is 5.57. The minimum absolute atomic E-state index is 0.0688. The van der Waals surface area contributed by atoms with E-state index >= 15 is 0 Å². The Bertz CT molecular complexity index is 1030. The van der Waals surface area contributed by atoms with Crippen LogP contribution in [0.15, 0.2) is 64.6 Å². The van der Waals surface area contributed by atoms with Gasteiger partial charge in [0.2, 0.25) is 0 Å². The van der Waals surface area contributed by atoms with Crippen molar-refractivity contribution in [2.24, 2.45) is 5.92 Å². The molecule has 0 bridgehead atoms. The van der Waals surface area contributed by atoms with Crippen LogP contribution >= 0.6 is 11.3 Å². The first-order valence-electron chi connectivity index (χ1n) is 9.94. The number of furan rings is 1. The summed E-state index contributed by atoms with van der Waals surface area (Å²) in [5.41, 5.74) is 0.694. The molecule has 9 heteroatoms. The van der Waals surface area contributed by atoms with Gasteiger partial charge in [0.05, 0.1) is 12.3 Å². The summed E-state index contributed by atoms with van der Waals surface area (Å²) in [6.45, 7) is 2.97. The summed E-state index contributed by atoms with van der Waals surface area (Å²) in [5.74, 6) is -2.40. The number of carbonyl (C=O) groups excluding carboxylic acids is 3. The third-order valence-electron chi connectivity index (χ3n) is 4.63. The molecule has 1 aromatic carbocycles.